The van der Waals surface area contributed by atoms with E-state index in [-0.39, 0.29) is 0 Å². The van der Waals surface area contributed by atoms with Crippen LogP contribution in [0.1, 0.15) is 31.7 Å². The van der Waals surface area contributed by atoms with Gasteiger partial charge in [0, 0.05) is 24.0 Å². The van der Waals surface area contributed by atoms with Crippen LogP contribution in [0.3, 0.4) is 0 Å². The second-order valence-corrected chi connectivity index (χ2v) is 5.63. The van der Waals surface area contributed by atoms with Gasteiger partial charge in [-0.2, -0.15) is 0 Å². The molecular formula is C17H23ClN2. The van der Waals surface area contributed by atoms with Gasteiger partial charge in [0.15, 0.2) is 0 Å². The van der Waals surface area contributed by atoms with Gasteiger partial charge in [-0.1, -0.05) is 31.5 Å². The van der Waals surface area contributed by atoms with Crippen LogP contribution in [0.15, 0.2) is 36.5 Å². The van der Waals surface area contributed by atoms with Gasteiger partial charge in [-0.3, -0.25) is 4.98 Å². The minimum atomic E-state index is 0.686. The van der Waals surface area contributed by atoms with E-state index in [4.69, 9.17) is 11.6 Å². The molecule has 1 atom stereocenters. The molecule has 20 heavy (non-hydrogen) atoms. The number of hydrogen-bond acceptors (Lipinski definition) is 2. The van der Waals surface area contributed by atoms with Gasteiger partial charge in [-0.05, 0) is 43.0 Å². The molecule has 108 valence electrons. The van der Waals surface area contributed by atoms with Gasteiger partial charge in [-0.15, -0.1) is 11.6 Å². The van der Waals surface area contributed by atoms with Crippen molar-refractivity contribution in [2.45, 2.75) is 32.7 Å². The lowest BCUT2D eigenvalue weighted by Crippen LogP contribution is -2.23. The number of nitrogens with one attached hydrogen (secondary N) is 1. The van der Waals surface area contributed by atoms with Crippen LogP contribution in [0.4, 0.5) is 0 Å². The molecule has 0 fully saturated rings. The minimum Gasteiger partial charge on any atom is -0.312 e. The third-order valence-corrected chi connectivity index (χ3v) is 3.92. The summed E-state index contributed by atoms with van der Waals surface area (Å²) in [6.07, 6.45) is 5.46. The fourth-order valence-corrected chi connectivity index (χ4v) is 2.94. The van der Waals surface area contributed by atoms with Crippen LogP contribution in [-0.4, -0.2) is 17.4 Å². The first-order valence-electron chi connectivity index (χ1n) is 7.44. The molecule has 0 aliphatic rings. The summed E-state index contributed by atoms with van der Waals surface area (Å²) in [6, 6.07) is 10.4. The first-order valence-corrected chi connectivity index (χ1v) is 7.98. The van der Waals surface area contributed by atoms with E-state index in [9.17, 15) is 0 Å². The molecular weight excluding hydrogens is 268 g/mol. The van der Waals surface area contributed by atoms with Crippen molar-refractivity contribution >= 4 is 22.5 Å². The Bertz CT molecular complexity index is 516. The Hall–Kier alpha value is -1.12. The first-order chi connectivity index (χ1) is 9.85. The zero-order valence-electron chi connectivity index (χ0n) is 12.1. The Morgan fingerprint density at radius 2 is 2.05 bits per heavy atom. The van der Waals surface area contributed by atoms with Gasteiger partial charge >= 0.3 is 0 Å². The maximum atomic E-state index is 5.87. The van der Waals surface area contributed by atoms with Gasteiger partial charge in [-0.25, -0.2) is 0 Å². The molecule has 1 heterocycles. The zero-order valence-corrected chi connectivity index (χ0v) is 12.9. The minimum absolute atomic E-state index is 0.686. The number of rotatable bonds is 8. The third-order valence-electron chi connectivity index (χ3n) is 3.70. The Balaban J connectivity index is 1.95. The highest BCUT2D eigenvalue weighted by atomic mass is 35.5. The van der Waals surface area contributed by atoms with Crippen LogP contribution in [0.5, 0.6) is 0 Å². The maximum Gasteiger partial charge on any atom is 0.0705 e. The summed E-state index contributed by atoms with van der Waals surface area (Å²) in [5, 5.41) is 4.82. The summed E-state index contributed by atoms with van der Waals surface area (Å²) in [5.41, 5.74) is 2.38. The second-order valence-electron chi connectivity index (χ2n) is 5.25. The number of para-hydroxylation sites is 1. The van der Waals surface area contributed by atoms with E-state index >= 15 is 0 Å². The molecule has 2 aromatic rings. The van der Waals surface area contributed by atoms with Gasteiger partial charge in [0.25, 0.3) is 0 Å². The van der Waals surface area contributed by atoms with E-state index in [1.807, 2.05) is 12.3 Å². The van der Waals surface area contributed by atoms with Crippen molar-refractivity contribution in [1.82, 2.24) is 10.3 Å². The highest BCUT2D eigenvalue weighted by Gasteiger charge is 2.07. The molecule has 0 saturated heterocycles. The Kier molecular flexibility index (Phi) is 6.28. The summed E-state index contributed by atoms with van der Waals surface area (Å²) in [4.78, 5) is 4.40. The largest absolute Gasteiger partial charge is 0.312 e. The average Bonchev–Trinajstić information content (AvgIpc) is 2.48. The molecule has 0 aliphatic heterocycles. The van der Waals surface area contributed by atoms with Crippen LogP contribution in [-0.2, 0) is 6.54 Å². The predicted molar refractivity (Wildman–Crippen MR) is 87.2 cm³/mol. The average molecular weight is 291 g/mol. The molecule has 0 aliphatic carbocycles. The Morgan fingerprint density at radius 3 is 2.85 bits per heavy atom. The van der Waals surface area contributed by atoms with Crippen LogP contribution in [0.2, 0.25) is 0 Å². The van der Waals surface area contributed by atoms with Crippen molar-refractivity contribution in [2.75, 3.05) is 12.4 Å². The number of pyridine rings is 1. The van der Waals surface area contributed by atoms with E-state index < -0.39 is 0 Å². The van der Waals surface area contributed by atoms with Gasteiger partial charge in [0.2, 0.25) is 0 Å². The zero-order chi connectivity index (χ0) is 14.2. The fourth-order valence-electron chi connectivity index (χ4n) is 2.63. The molecule has 0 bridgehead atoms. The fraction of sp³-hybridized carbons (Fsp3) is 0.471. The monoisotopic (exact) mass is 290 g/mol. The lowest BCUT2D eigenvalue weighted by atomic mass is 10.0. The Morgan fingerprint density at radius 1 is 1.20 bits per heavy atom. The summed E-state index contributed by atoms with van der Waals surface area (Å²) in [6.45, 7) is 4.17. The second kappa shape index (κ2) is 8.23. The summed E-state index contributed by atoms with van der Waals surface area (Å²) in [7, 11) is 0. The lowest BCUT2D eigenvalue weighted by molar-refractivity contribution is 0.431. The van der Waals surface area contributed by atoms with Crippen molar-refractivity contribution in [2.24, 2.45) is 5.92 Å². The number of fused-ring (bicyclic) bond motifs is 1. The SMILES string of the molecule is CCCC(CCCl)CNCc1ccnc2ccccc12. The molecule has 0 amide bonds. The van der Waals surface area contributed by atoms with E-state index in [2.05, 4.69) is 41.5 Å². The Labute approximate surface area is 126 Å². The number of hydrogen-bond donors (Lipinski definition) is 1. The smallest absolute Gasteiger partial charge is 0.0705 e. The molecule has 0 saturated carbocycles. The predicted octanol–water partition coefficient (Wildman–Crippen LogP) is 4.37. The van der Waals surface area contributed by atoms with Crippen molar-refractivity contribution in [3.05, 3.63) is 42.1 Å². The number of alkyl halides is 1. The molecule has 2 rings (SSSR count). The van der Waals surface area contributed by atoms with E-state index in [0.29, 0.717) is 5.92 Å². The van der Waals surface area contributed by atoms with Crippen LogP contribution in [0, 0.1) is 5.92 Å². The summed E-state index contributed by atoms with van der Waals surface area (Å²) < 4.78 is 0. The van der Waals surface area contributed by atoms with Crippen molar-refractivity contribution in [3.8, 4) is 0 Å². The molecule has 3 heteroatoms. The highest BCUT2D eigenvalue weighted by Crippen LogP contribution is 2.16. The number of halogens is 1. The quantitative estimate of drug-likeness (QED) is 0.730. The molecule has 1 aromatic heterocycles. The normalized spacial score (nSPS) is 12.7. The van der Waals surface area contributed by atoms with Crippen LogP contribution < -0.4 is 5.32 Å². The van der Waals surface area contributed by atoms with Crippen molar-refractivity contribution < 1.29 is 0 Å². The molecule has 1 unspecified atom stereocenters. The first kappa shape index (κ1) is 15.3. The van der Waals surface area contributed by atoms with E-state index in [0.717, 1.165) is 30.9 Å². The highest BCUT2D eigenvalue weighted by molar-refractivity contribution is 6.17. The summed E-state index contributed by atoms with van der Waals surface area (Å²) in [5.74, 6) is 1.44. The number of benzene rings is 1. The lowest BCUT2D eigenvalue weighted by Gasteiger charge is -2.16. The topological polar surface area (TPSA) is 24.9 Å². The molecule has 1 aromatic carbocycles. The third kappa shape index (κ3) is 4.19. The van der Waals surface area contributed by atoms with Crippen molar-refractivity contribution in [1.29, 1.82) is 0 Å². The number of nitrogens with zero attached hydrogens (tertiary/aromatic N) is 1. The standard InChI is InChI=1S/C17H23ClN2/c1-2-5-14(8-10-18)12-19-13-15-9-11-20-17-7-4-3-6-16(15)17/h3-4,6-7,9,11,14,19H,2,5,8,10,12-13H2,1H3. The van der Waals surface area contributed by atoms with Gasteiger partial charge in [0.05, 0.1) is 5.52 Å². The van der Waals surface area contributed by atoms with Gasteiger partial charge < -0.3 is 5.32 Å². The molecule has 0 radical (unpaired) electrons. The van der Waals surface area contributed by atoms with Crippen LogP contribution in [0.25, 0.3) is 10.9 Å². The van der Waals surface area contributed by atoms with Crippen molar-refractivity contribution in [3.63, 3.8) is 0 Å². The number of aromatic nitrogens is 1. The van der Waals surface area contributed by atoms with Gasteiger partial charge in [0.1, 0.15) is 0 Å². The van der Waals surface area contributed by atoms with Crippen LogP contribution >= 0.6 is 11.6 Å². The molecule has 0 spiro atoms. The summed E-state index contributed by atoms with van der Waals surface area (Å²) >= 11 is 5.87. The molecule has 1 N–H and O–H groups in total. The molecule has 2 nitrogen and oxygen atoms in total. The maximum absolute atomic E-state index is 5.87. The van der Waals surface area contributed by atoms with E-state index in [1.165, 1.54) is 23.8 Å². The van der Waals surface area contributed by atoms with E-state index in [1.54, 1.807) is 0 Å².